The van der Waals surface area contributed by atoms with Crippen LogP contribution >= 0.6 is 0 Å². The molecule has 0 atom stereocenters. The van der Waals surface area contributed by atoms with Crippen LogP contribution in [0.3, 0.4) is 0 Å². The summed E-state index contributed by atoms with van der Waals surface area (Å²) in [6, 6.07) is 1.66. The number of phenols is 4. The number of benzene rings is 2. The first kappa shape index (κ1) is 16.8. The van der Waals surface area contributed by atoms with E-state index in [9.17, 15) is 20.4 Å². The molecule has 134 valence electrons. The second-order valence-electron chi connectivity index (χ2n) is 5.42. The number of hydrogen-bond acceptors (Lipinski definition) is 8. The second-order valence-corrected chi connectivity index (χ2v) is 5.42. The van der Waals surface area contributed by atoms with Crippen molar-refractivity contribution in [2.45, 2.75) is 13.2 Å². The van der Waals surface area contributed by atoms with E-state index >= 15 is 0 Å². The molecule has 1 aliphatic rings. The molecule has 8 heteroatoms. The lowest BCUT2D eigenvalue weighted by Crippen LogP contribution is -2.01. The minimum atomic E-state index is -0.832. The maximum Gasteiger partial charge on any atom is 0.204 e. The van der Waals surface area contributed by atoms with Crippen LogP contribution in [0.15, 0.2) is 6.07 Å². The highest BCUT2D eigenvalue weighted by atomic mass is 16.5. The highest BCUT2D eigenvalue weighted by Crippen LogP contribution is 2.57. The van der Waals surface area contributed by atoms with E-state index in [2.05, 4.69) is 0 Å². The van der Waals surface area contributed by atoms with Crippen molar-refractivity contribution in [1.29, 1.82) is 0 Å². The van der Waals surface area contributed by atoms with Crippen LogP contribution in [0.5, 0.6) is 40.2 Å². The third-order valence-corrected chi connectivity index (χ3v) is 4.16. The normalized spacial score (nSPS) is 12.8. The number of rotatable bonds is 3. The largest absolute Gasteiger partial charge is 0.504 e. The Morgan fingerprint density at radius 3 is 2.00 bits per heavy atom. The Balaban J connectivity index is 2.48. The zero-order valence-electron chi connectivity index (χ0n) is 13.9. The molecular weight excluding hydrogens is 332 g/mol. The summed E-state index contributed by atoms with van der Waals surface area (Å²) in [6.07, 6.45) is 0. The van der Waals surface area contributed by atoms with Crippen LogP contribution in [0, 0.1) is 0 Å². The molecule has 0 saturated carbocycles. The number of fused-ring (bicyclic) bond motifs is 3. The van der Waals surface area contributed by atoms with Crippen LogP contribution in [-0.4, -0.2) is 41.8 Å². The molecule has 0 saturated heterocycles. The van der Waals surface area contributed by atoms with Gasteiger partial charge < -0.3 is 39.4 Å². The number of ether oxygens (including phenoxy) is 4. The molecule has 0 aromatic heterocycles. The van der Waals surface area contributed by atoms with Crippen LogP contribution in [-0.2, 0) is 18.0 Å². The molecule has 3 rings (SSSR count). The highest BCUT2D eigenvalue weighted by molar-refractivity contribution is 5.89. The van der Waals surface area contributed by atoms with Crippen molar-refractivity contribution in [2.24, 2.45) is 0 Å². The lowest BCUT2D eigenvalue weighted by molar-refractivity contribution is 0.107. The zero-order valence-corrected chi connectivity index (χ0v) is 13.9. The molecule has 0 amide bonds. The number of aromatic hydroxyl groups is 4. The van der Waals surface area contributed by atoms with Gasteiger partial charge in [0.05, 0.1) is 34.5 Å². The molecule has 25 heavy (non-hydrogen) atoms. The first-order valence-corrected chi connectivity index (χ1v) is 7.34. The average Bonchev–Trinajstić information content (AvgIpc) is 2.82. The third-order valence-electron chi connectivity index (χ3n) is 4.16. The highest BCUT2D eigenvalue weighted by Gasteiger charge is 2.32. The predicted octanol–water partition coefficient (Wildman–Crippen LogP) is 2.23. The number of methoxy groups -OCH3 is 3. The standard InChI is InChI=1S/C17H18O8/c1-22-9-4-7-5-25-6-8-11(10(7)17(24-3)16(9)23-2)13(19)15(21)14(20)12(8)18/h4,18-21H,5-6H2,1-3H3. The fraction of sp³-hybridized carbons (Fsp3) is 0.294. The van der Waals surface area contributed by atoms with Crippen molar-refractivity contribution in [3.8, 4) is 51.4 Å². The molecule has 0 radical (unpaired) electrons. The van der Waals surface area contributed by atoms with Gasteiger partial charge in [0.25, 0.3) is 0 Å². The van der Waals surface area contributed by atoms with E-state index in [1.165, 1.54) is 21.3 Å². The Hall–Kier alpha value is -3.00. The summed E-state index contributed by atoms with van der Waals surface area (Å²) < 4.78 is 21.7. The van der Waals surface area contributed by atoms with Gasteiger partial charge in [-0.05, 0) is 11.6 Å². The Morgan fingerprint density at radius 1 is 0.760 bits per heavy atom. The zero-order chi connectivity index (χ0) is 18.3. The number of phenolic OH excluding ortho intramolecular Hbond substituents is 4. The molecule has 0 unspecified atom stereocenters. The lowest BCUT2D eigenvalue weighted by Gasteiger charge is -2.20. The molecule has 4 N–H and O–H groups in total. The van der Waals surface area contributed by atoms with Crippen LogP contribution in [0.2, 0.25) is 0 Å². The maximum absolute atomic E-state index is 10.4. The third kappa shape index (κ3) is 2.33. The van der Waals surface area contributed by atoms with E-state index in [1.54, 1.807) is 6.07 Å². The monoisotopic (exact) mass is 350 g/mol. The van der Waals surface area contributed by atoms with E-state index in [0.29, 0.717) is 16.9 Å². The second kappa shape index (κ2) is 6.14. The SMILES string of the molecule is COc1cc2c(c(OC)c1OC)-c1c(O)c(O)c(O)c(O)c1COC2. The van der Waals surface area contributed by atoms with Crippen molar-refractivity contribution in [2.75, 3.05) is 21.3 Å². The fourth-order valence-electron chi connectivity index (χ4n) is 3.01. The van der Waals surface area contributed by atoms with Gasteiger partial charge in [-0.1, -0.05) is 0 Å². The van der Waals surface area contributed by atoms with Crippen LogP contribution in [0.4, 0.5) is 0 Å². The summed E-state index contributed by atoms with van der Waals surface area (Å²) in [6.45, 7) is 0.0339. The summed E-state index contributed by atoms with van der Waals surface area (Å²) in [4.78, 5) is 0. The van der Waals surface area contributed by atoms with Gasteiger partial charge in [0, 0.05) is 16.7 Å². The molecule has 2 aromatic rings. The van der Waals surface area contributed by atoms with Crippen molar-refractivity contribution in [3.63, 3.8) is 0 Å². The van der Waals surface area contributed by atoms with Crippen molar-refractivity contribution >= 4 is 0 Å². The number of hydrogen-bond donors (Lipinski definition) is 4. The molecule has 2 aromatic carbocycles. The first-order valence-electron chi connectivity index (χ1n) is 7.34. The van der Waals surface area contributed by atoms with Gasteiger partial charge in [-0.2, -0.15) is 0 Å². The van der Waals surface area contributed by atoms with Crippen molar-refractivity contribution in [1.82, 2.24) is 0 Å². The molecule has 0 aliphatic carbocycles. The van der Waals surface area contributed by atoms with Crippen LogP contribution in [0.1, 0.15) is 11.1 Å². The molecule has 0 spiro atoms. The summed E-state index contributed by atoms with van der Waals surface area (Å²) >= 11 is 0. The van der Waals surface area contributed by atoms with Gasteiger partial charge in [0.1, 0.15) is 0 Å². The van der Waals surface area contributed by atoms with E-state index in [0.717, 1.165) is 0 Å². The van der Waals surface area contributed by atoms with Gasteiger partial charge in [-0.25, -0.2) is 0 Å². The Labute approximate surface area is 143 Å². The quantitative estimate of drug-likeness (QED) is 0.492. The van der Waals surface area contributed by atoms with Gasteiger partial charge in [0.15, 0.2) is 23.0 Å². The Kier molecular flexibility index (Phi) is 4.13. The lowest BCUT2D eigenvalue weighted by atomic mass is 9.92. The van der Waals surface area contributed by atoms with Crippen LogP contribution < -0.4 is 14.2 Å². The van der Waals surface area contributed by atoms with Crippen molar-refractivity contribution < 1.29 is 39.4 Å². The van der Waals surface area contributed by atoms with Gasteiger partial charge >= 0.3 is 0 Å². The van der Waals surface area contributed by atoms with Gasteiger partial charge in [-0.3, -0.25) is 0 Å². The molecule has 1 aliphatic heterocycles. The summed E-state index contributed by atoms with van der Waals surface area (Å²) in [7, 11) is 4.33. The molecule has 0 fully saturated rings. The van der Waals surface area contributed by atoms with E-state index in [4.69, 9.17) is 18.9 Å². The average molecular weight is 350 g/mol. The predicted molar refractivity (Wildman–Crippen MR) is 86.7 cm³/mol. The minimum absolute atomic E-state index is 0.0922. The van der Waals surface area contributed by atoms with E-state index in [1.807, 2.05) is 0 Å². The van der Waals surface area contributed by atoms with Gasteiger partial charge in [0.2, 0.25) is 17.2 Å². The van der Waals surface area contributed by atoms with Gasteiger partial charge in [-0.15, -0.1) is 0 Å². The Bertz CT molecular complexity index is 844. The van der Waals surface area contributed by atoms with E-state index in [-0.39, 0.29) is 35.8 Å². The Morgan fingerprint density at radius 2 is 1.40 bits per heavy atom. The molecule has 8 nitrogen and oxygen atoms in total. The summed E-state index contributed by atoms with van der Waals surface area (Å²) in [5.41, 5.74) is 1.18. The first-order chi connectivity index (χ1) is 12.0. The molecule has 1 heterocycles. The van der Waals surface area contributed by atoms with Crippen molar-refractivity contribution in [3.05, 3.63) is 17.2 Å². The summed E-state index contributed by atoms with van der Waals surface area (Å²) in [5.74, 6) is -1.90. The maximum atomic E-state index is 10.4. The topological polar surface area (TPSA) is 118 Å². The van der Waals surface area contributed by atoms with Crippen LogP contribution in [0.25, 0.3) is 11.1 Å². The van der Waals surface area contributed by atoms with E-state index < -0.39 is 23.0 Å². The fourth-order valence-corrected chi connectivity index (χ4v) is 3.01. The smallest absolute Gasteiger partial charge is 0.204 e. The summed E-state index contributed by atoms with van der Waals surface area (Å²) in [5, 5.41) is 40.4. The molecular formula is C17H18O8. The molecule has 0 bridgehead atoms. The minimum Gasteiger partial charge on any atom is -0.504 e.